The SMILES string of the molecule is Cc1ccc(C(C)C)c(N2C(=O)CS/C2=N\C(=O)Nc2ccc(CN(C)c3ncn(-c4ccc(OC(F)(F)F)cc4)n3)cc2)c1. The number of nitrogens with one attached hydrogen (secondary N) is 1. The van der Waals surface area contributed by atoms with Crippen LogP contribution >= 0.6 is 11.8 Å². The average molecular weight is 638 g/mol. The number of amides is 3. The first-order valence-electron chi connectivity index (χ1n) is 13.9. The van der Waals surface area contributed by atoms with E-state index >= 15 is 0 Å². The molecule has 0 radical (unpaired) electrons. The zero-order valence-corrected chi connectivity index (χ0v) is 25.7. The number of aromatic nitrogens is 3. The molecule has 234 valence electrons. The van der Waals surface area contributed by atoms with Crippen molar-refractivity contribution in [3.8, 4) is 11.4 Å². The van der Waals surface area contributed by atoms with Crippen LogP contribution in [0.15, 0.2) is 78.0 Å². The Bertz CT molecular complexity index is 1720. The number of hydrogen-bond acceptors (Lipinski definition) is 7. The molecule has 0 bridgehead atoms. The Labute approximate surface area is 261 Å². The molecule has 4 aromatic rings. The van der Waals surface area contributed by atoms with E-state index in [0.717, 1.165) is 22.4 Å². The van der Waals surface area contributed by atoms with Crippen molar-refractivity contribution in [2.75, 3.05) is 27.9 Å². The first-order chi connectivity index (χ1) is 21.4. The molecule has 3 aromatic carbocycles. The molecule has 0 unspecified atom stereocenters. The minimum atomic E-state index is -4.76. The summed E-state index contributed by atoms with van der Waals surface area (Å²) in [5.74, 6) is 0.339. The highest BCUT2D eigenvalue weighted by atomic mass is 32.2. The first kappa shape index (κ1) is 31.6. The molecule has 3 amide bonds. The van der Waals surface area contributed by atoms with Crippen molar-refractivity contribution < 1.29 is 27.5 Å². The Morgan fingerprint density at radius 2 is 1.82 bits per heavy atom. The molecule has 1 aromatic heterocycles. The molecule has 5 rings (SSSR count). The van der Waals surface area contributed by atoms with E-state index in [0.29, 0.717) is 29.0 Å². The van der Waals surface area contributed by atoms with Crippen LogP contribution < -0.4 is 19.9 Å². The fourth-order valence-corrected chi connectivity index (χ4v) is 5.51. The Morgan fingerprint density at radius 1 is 1.11 bits per heavy atom. The predicted octanol–water partition coefficient (Wildman–Crippen LogP) is 6.90. The van der Waals surface area contributed by atoms with E-state index in [1.807, 2.05) is 37.3 Å². The zero-order valence-electron chi connectivity index (χ0n) is 24.9. The minimum Gasteiger partial charge on any atom is -0.406 e. The van der Waals surface area contributed by atoms with E-state index in [-0.39, 0.29) is 23.3 Å². The second-order valence-corrected chi connectivity index (χ2v) is 11.6. The molecular formula is C31H30F3N7O3S. The molecule has 0 saturated carbocycles. The summed E-state index contributed by atoms with van der Waals surface area (Å²) in [6.45, 7) is 6.51. The van der Waals surface area contributed by atoms with Crippen LogP contribution in [-0.4, -0.2) is 51.0 Å². The van der Waals surface area contributed by atoms with Crippen molar-refractivity contribution in [2.45, 2.75) is 39.6 Å². The lowest BCUT2D eigenvalue weighted by Gasteiger charge is -2.22. The number of aliphatic imine (C=N–C) groups is 1. The summed E-state index contributed by atoms with van der Waals surface area (Å²) < 4.78 is 42.6. The van der Waals surface area contributed by atoms with Crippen LogP contribution in [0, 0.1) is 6.92 Å². The van der Waals surface area contributed by atoms with Crippen molar-refractivity contribution in [1.29, 1.82) is 0 Å². The van der Waals surface area contributed by atoms with Crippen LogP contribution in [0.2, 0.25) is 0 Å². The Hall–Kier alpha value is -4.85. The summed E-state index contributed by atoms with van der Waals surface area (Å²) in [6, 6.07) is 17.9. The summed E-state index contributed by atoms with van der Waals surface area (Å²) in [7, 11) is 1.80. The van der Waals surface area contributed by atoms with Crippen LogP contribution in [0.3, 0.4) is 0 Å². The maximum atomic E-state index is 12.9. The average Bonchev–Trinajstić information content (AvgIpc) is 3.60. The predicted molar refractivity (Wildman–Crippen MR) is 168 cm³/mol. The van der Waals surface area contributed by atoms with E-state index in [2.05, 4.69) is 39.0 Å². The summed E-state index contributed by atoms with van der Waals surface area (Å²) in [6.07, 6.45) is -3.30. The Morgan fingerprint density at radius 3 is 2.49 bits per heavy atom. The fraction of sp³-hybridized carbons (Fsp3) is 0.258. The molecule has 2 heterocycles. The van der Waals surface area contributed by atoms with Gasteiger partial charge in [0, 0.05) is 19.3 Å². The number of rotatable bonds is 8. The number of ether oxygens (including phenoxy) is 1. The monoisotopic (exact) mass is 637 g/mol. The van der Waals surface area contributed by atoms with Crippen molar-refractivity contribution in [3.63, 3.8) is 0 Å². The van der Waals surface area contributed by atoms with Gasteiger partial charge >= 0.3 is 12.4 Å². The van der Waals surface area contributed by atoms with E-state index < -0.39 is 12.4 Å². The summed E-state index contributed by atoms with van der Waals surface area (Å²) >= 11 is 1.23. The number of nitrogens with zero attached hydrogens (tertiary/aromatic N) is 6. The van der Waals surface area contributed by atoms with Gasteiger partial charge in [0.1, 0.15) is 12.1 Å². The third-order valence-electron chi connectivity index (χ3n) is 6.79. The Kier molecular flexibility index (Phi) is 9.14. The minimum absolute atomic E-state index is 0.125. The van der Waals surface area contributed by atoms with Gasteiger partial charge in [-0.3, -0.25) is 9.69 Å². The number of hydrogen-bond donors (Lipinski definition) is 1. The molecule has 0 aliphatic carbocycles. The number of amidine groups is 1. The topological polar surface area (TPSA) is 105 Å². The summed E-state index contributed by atoms with van der Waals surface area (Å²) in [5, 5.41) is 7.50. The number of aryl methyl sites for hydroxylation is 1. The van der Waals surface area contributed by atoms with E-state index in [1.165, 1.54) is 51.9 Å². The maximum absolute atomic E-state index is 12.9. The quantitative estimate of drug-likeness (QED) is 0.224. The number of thioether (sulfide) groups is 1. The lowest BCUT2D eigenvalue weighted by Crippen LogP contribution is -2.31. The van der Waals surface area contributed by atoms with E-state index in [1.54, 1.807) is 24.1 Å². The molecule has 10 nitrogen and oxygen atoms in total. The number of benzene rings is 3. The van der Waals surface area contributed by atoms with Gasteiger partial charge in [-0.2, -0.15) is 9.98 Å². The second-order valence-electron chi connectivity index (χ2n) is 10.6. The van der Waals surface area contributed by atoms with E-state index in [4.69, 9.17) is 0 Å². The third-order valence-corrected chi connectivity index (χ3v) is 7.72. The van der Waals surface area contributed by atoms with Crippen molar-refractivity contribution in [2.24, 2.45) is 4.99 Å². The molecule has 1 fully saturated rings. The number of urea groups is 1. The number of alkyl halides is 3. The highest BCUT2D eigenvalue weighted by molar-refractivity contribution is 8.15. The molecule has 1 N–H and O–H groups in total. The van der Waals surface area contributed by atoms with Crippen LogP contribution in [0.5, 0.6) is 5.75 Å². The number of carbonyl (C=O) groups is 2. The fourth-order valence-electron chi connectivity index (χ4n) is 4.65. The van der Waals surface area contributed by atoms with Crippen LogP contribution in [0.1, 0.15) is 36.5 Å². The first-order valence-corrected chi connectivity index (χ1v) is 14.9. The molecule has 1 aliphatic rings. The van der Waals surface area contributed by atoms with Gasteiger partial charge in [-0.15, -0.1) is 18.3 Å². The second kappa shape index (κ2) is 13.0. The van der Waals surface area contributed by atoms with Gasteiger partial charge in [-0.05, 0) is 72.0 Å². The number of anilines is 3. The number of halogens is 3. The van der Waals surface area contributed by atoms with Gasteiger partial charge in [0.25, 0.3) is 0 Å². The van der Waals surface area contributed by atoms with Gasteiger partial charge in [0.15, 0.2) is 5.17 Å². The molecule has 0 atom stereocenters. The van der Waals surface area contributed by atoms with Gasteiger partial charge < -0.3 is 15.0 Å². The van der Waals surface area contributed by atoms with Gasteiger partial charge in [-0.1, -0.05) is 49.9 Å². The standard InChI is InChI=1S/C31H30F3N7O3S/c1-19(2)25-14-5-20(3)15-26(25)41-27(42)17-45-30(41)37-29(43)36-22-8-6-21(7-9-22)16-39(4)28-35-18-40(38-28)23-10-12-24(13-11-23)44-31(32,33)34/h5-15,18-19H,16-17H2,1-4H3,(H,36,43)/b37-30-. The summed E-state index contributed by atoms with van der Waals surface area (Å²) in [5.41, 5.74) is 4.72. The van der Waals surface area contributed by atoms with Crippen LogP contribution in [0.25, 0.3) is 5.69 Å². The van der Waals surface area contributed by atoms with Crippen molar-refractivity contribution >= 4 is 46.2 Å². The van der Waals surface area contributed by atoms with Gasteiger partial charge in [-0.25, -0.2) is 9.48 Å². The van der Waals surface area contributed by atoms with E-state index in [9.17, 15) is 22.8 Å². The van der Waals surface area contributed by atoms with Crippen molar-refractivity contribution in [1.82, 2.24) is 14.8 Å². The highest BCUT2D eigenvalue weighted by Gasteiger charge is 2.33. The molecule has 1 saturated heterocycles. The van der Waals surface area contributed by atoms with Crippen molar-refractivity contribution in [3.05, 3.63) is 89.7 Å². The van der Waals surface area contributed by atoms with Crippen LogP contribution in [-0.2, 0) is 11.3 Å². The molecule has 1 aliphatic heterocycles. The number of carbonyl (C=O) groups excluding carboxylic acids is 2. The maximum Gasteiger partial charge on any atom is 0.573 e. The molecule has 0 spiro atoms. The smallest absolute Gasteiger partial charge is 0.406 e. The van der Waals surface area contributed by atoms with Crippen LogP contribution in [0.4, 0.5) is 35.3 Å². The van der Waals surface area contributed by atoms with Gasteiger partial charge in [0.2, 0.25) is 11.9 Å². The highest BCUT2D eigenvalue weighted by Crippen LogP contribution is 2.34. The third kappa shape index (κ3) is 7.81. The molecular weight excluding hydrogens is 607 g/mol. The largest absolute Gasteiger partial charge is 0.573 e. The normalized spacial score (nSPS) is 14.4. The van der Waals surface area contributed by atoms with Gasteiger partial charge in [0.05, 0.1) is 17.1 Å². The molecule has 14 heteroatoms. The lowest BCUT2D eigenvalue weighted by molar-refractivity contribution is -0.274. The lowest BCUT2D eigenvalue weighted by atomic mass is 9.99. The zero-order chi connectivity index (χ0) is 32.3. The molecule has 45 heavy (non-hydrogen) atoms. The summed E-state index contributed by atoms with van der Waals surface area (Å²) in [4.78, 5) is 37.5. The Balaban J connectivity index is 1.21.